The zero-order chi connectivity index (χ0) is 13.8. The Hall–Kier alpha value is -1.88. The highest BCUT2D eigenvalue weighted by molar-refractivity contribution is 5.95. The molecule has 19 heavy (non-hydrogen) atoms. The lowest BCUT2D eigenvalue weighted by molar-refractivity contribution is 0.0941. The monoisotopic (exact) mass is 261 g/mol. The number of rotatable bonds is 4. The molecule has 0 saturated heterocycles. The predicted molar refractivity (Wildman–Crippen MR) is 74.2 cm³/mol. The van der Waals surface area contributed by atoms with Gasteiger partial charge < -0.3 is 15.3 Å². The van der Waals surface area contributed by atoms with Crippen LogP contribution in [0.2, 0.25) is 0 Å². The van der Waals surface area contributed by atoms with E-state index >= 15 is 0 Å². The Morgan fingerprint density at radius 3 is 2.95 bits per heavy atom. The van der Waals surface area contributed by atoms with Crippen molar-refractivity contribution >= 4 is 11.7 Å². The minimum atomic E-state index is -0.112. The van der Waals surface area contributed by atoms with Gasteiger partial charge in [0, 0.05) is 44.4 Å². The van der Waals surface area contributed by atoms with Gasteiger partial charge >= 0.3 is 0 Å². The van der Waals surface area contributed by atoms with Gasteiger partial charge in [-0.2, -0.15) is 0 Å². The minimum absolute atomic E-state index is 0.000575. The van der Waals surface area contributed by atoms with Gasteiger partial charge in [0.25, 0.3) is 5.91 Å². The highest BCUT2D eigenvalue weighted by Crippen LogP contribution is 2.18. The fraction of sp³-hybridized carbons (Fsp3) is 0.429. The lowest BCUT2D eigenvalue weighted by Gasteiger charge is -2.15. The molecule has 0 aliphatic heterocycles. The van der Waals surface area contributed by atoms with Gasteiger partial charge in [0.15, 0.2) is 0 Å². The number of aliphatic hydroxyl groups excluding tert-OH is 1. The molecule has 1 aliphatic carbocycles. The van der Waals surface area contributed by atoms with Crippen LogP contribution in [-0.4, -0.2) is 42.7 Å². The van der Waals surface area contributed by atoms with E-state index in [9.17, 15) is 4.79 Å². The molecular weight excluding hydrogens is 242 g/mol. The summed E-state index contributed by atoms with van der Waals surface area (Å²) < 4.78 is 0. The summed E-state index contributed by atoms with van der Waals surface area (Å²) in [6, 6.07) is 3.46. The smallest absolute Gasteiger partial charge is 0.251 e. The minimum Gasteiger partial charge on any atom is -0.396 e. The third kappa shape index (κ3) is 3.32. The first-order valence-electron chi connectivity index (χ1n) is 6.33. The number of pyridine rings is 1. The molecule has 102 valence electrons. The number of amides is 1. The molecule has 2 N–H and O–H groups in total. The van der Waals surface area contributed by atoms with Crippen LogP contribution in [0, 0.1) is 5.92 Å². The summed E-state index contributed by atoms with van der Waals surface area (Å²) >= 11 is 0. The zero-order valence-electron chi connectivity index (χ0n) is 11.2. The topological polar surface area (TPSA) is 65.5 Å². The second kappa shape index (κ2) is 5.84. The Bertz CT molecular complexity index is 485. The maximum atomic E-state index is 12.1. The molecule has 2 atom stereocenters. The summed E-state index contributed by atoms with van der Waals surface area (Å²) in [7, 11) is 3.77. The molecule has 1 heterocycles. The second-order valence-electron chi connectivity index (χ2n) is 4.94. The number of anilines is 1. The highest BCUT2D eigenvalue weighted by atomic mass is 16.3. The Morgan fingerprint density at radius 1 is 1.53 bits per heavy atom. The first-order chi connectivity index (χ1) is 9.10. The van der Waals surface area contributed by atoms with Crippen molar-refractivity contribution in [2.45, 2.75) is 12.5 Å². The number of aromatic nitrogens is 1. The quantitative estimate of drug-likeness (QED) is 0.787. The van der Waals surface area contributed by atoms with E-state index in [4.69, 9.17) is 5.11 Å². The Morgan fingerprint density at radius 2 is 2.32 bits per heavy atom. The van der Waals surface area contributed by atoms with Gasteiger partial charge in [0.1, 0.15) is 5.82 Å². The van der Waals surface area contributed by atoms with Gasteiger partial charge in [-0.1, -0.05) is 12.2 Å². The van der Waals surface area contributed by atoms with E-state index in [1.165, 1.54) is 0 Å². The summed E-state index contributed by atoms with van der Waals surface area (Å²) in [5, 5.41) is 12.0. The maximum absolute atomic E-state index is 12.1. The number of nitrogens with one attached hydrogen (secondary N) is 1. The molecule has 0 fully saturated rings. The molecule has 0 spiro atoms. The molecule has 0 aromatic carbocycles. The van der Waals surface area contributed by atoms with Crippen molar-refractivity contribution in [1.29, 1.82) is 0 Å². The molecule has 1 amide bonds. The number of carbonyl (C=O) groups is 1. The number of aliphatic hydroxyl groups is 1. The molecule has 2 rings (SSSR count). The zero-order valence-corrected chi connectivity index (χ0v) is 11.2. The van der Waals surface area contributed by atoms with Crippen LogP contribution in [0.1, 0.15) is 16.8 Å². The summed E-state index contributed by atoms with van der Waals surface area (Å²) in [6.07, 6.45) is 6.27. The third-order valence-electron chi connectivity index (χ3n) is 3.19. The summed E-state index contributed by atoms with van der Waals surface area (Å²) in [5.41, 5.74) is 0.597. The van der Waals surface area contributed by atoms with E-state index in [1.54, 1.807) is 18.3 Å². The first kappa shape index (κ1) is 13.5. The average Bonchev–Trinajstić information content (AvgIpc) is 2.86. The normalized spacial score (nSPS) is 21.4. The molecule has 1 aromatic rings. The van der Waals surface area contributed by atoms with Gasteiger partial charge in [0.2, 0.25) is 0 Å². The molecule has 5 heteroatoms. The molecule has 5 nitrogen and oxygen atoms in total. The van der Waals surface area contributed by atoms with Crippen molar-refractivity contribution in [3.05, 3.63) is 36.0 Å². The average molecular weight is 261 g/mol. The van der Waals surface area contributed by atoms with Crippen LogP contribution in [0.4, 0.5) is 5.82 Å². The van der Waals surface area contributed by atoms with E-state index in [0.717, 1.165) is 12.2 Å². The molecular formula is C14H19N3O2. The van der Waals surface area contributed by atoms with Gasteiger partial charge in [-0.05, 0) is 18.6 Å². The van der Waals surface area contributed by atoms with Crippen LogP contribution in [0.15, 0.2) is 30.5 Å². The van der Waals surface area contributed by atoms with E-state index in [-0.39, 0.29) is 24.5 Å². The number of hydrogen-bond donors (Lipinski definition) is 2. The molecule has 1 aliphatic rings. The number of carbonyl (C=O) groups excluding carboxylic acids is 1. The van der Waals surface area contributed by atoms with Crippen LogP contribution in [0.25, 0.3) is 0 Å². The van der Waals surface area contributed by atoms with Gasteiger partial charge in [-0.25, -0.2) is 4.98 Å². The van der Waals surface area contributed by atoms with Gasteiger partial charge in [-0.3, -0.25) is 4.79 Å². The number of nitrogens with zero attached hydrogens (tertiary/aromatic N) is 2. The second-order valence-corrected chi connectivity index (χ2v) is 4.94. The predicted octanol–water partition coefficient (Wildman–Crippen LogP) is 0.814. The fourth-order valence-corrected chi connectivity index (χ4v) is 2.07. The van der Waals surface area contributed by atoms with Crippen molar-refractivity contribution in [1.82, 2.24) is 10.3 Å². The Labute approximate surface area is 113 Å². The van der Waals surface area contributed by atoms with Crippen molar-refractivity contribution in [2.75, 3.05) is 25.6 Å². The van der Waals surface area contributed by atoms with Crippen LogP contribution in [0.3, 0.4) is 0 Å². The Kier molecular flexibility index (Phi) is 4.16. The fourth-order valence-electron chi connectivity index (χ4n) is 2.07. The van der Waals surface area contributed by atoms with Crippen molar-refractivity contribution in [2.24, 2.45) is 5.92 Å². The summed E-state index contributed by atoms with van der Waals surface area (Å²) in [6.45, 7) is 0.128. The lowest BCUT2D eigenvalue weighted by Crippen LogP contribution is -2.33. The summed E-state index contributed by atoms with van der Waals surface area (Å²) in [4.78, 5) is 18.1. The van der Waals surface area contributed by atoms with Gasteiger partial charge in [-0.15, -0.1) is 0 Å². The molecule has 0 unspecified atom stereocenters. The Balaban J connectivity index is 2.01. The standard InChI is InChI=1S/C14H19N3O2/c1-17(2)13-8-11(5-6-15-13)14(19)16-12-4-3-10(7-12)9-18/h3-6,8,10,12,18H,7,9H2,1-2H3,(H,16,19)/t10-,12+/m0/s1. The van der Waals surface area contributed by atoms with Crippen LogP contribution in [-0.2, 0) is 0 Å². The number of hydrogen-bond acceptors (Lipinski definition) is 4. The lowest BCUT2D eigenvalue weighted by atomic mass is 10.1. The maximum Gasteiger partial charge on any atom is 0.251 e. The van der Waals surface area contributed by atoms with Crippen molar-refractivity contribution in [3.63, 3.8) is 0 Å². The van der Waals surface area contributed by atoms with E-state index in [2.05, 4.69) is 10.3 Å². The SMILES string of the molecule is CN(C)c1cc(C(=O)N[C@@H]2C=C[C@H](CO)C2)ccn1. The molecule has 0 radical (unpaired) electrons. The van der Waals surface area contributed by atoms with E-state index in [0.29, 0.717) is 5.56 Å². The van der Waals surface area contributed by atoms with Crippen molar-refractivity contribution < 1.29 is 9.90 Å². The highest BCUT2D eigenvalue weighted by Gasteiger charge is 2.20. The van der Waals surface area contributed by atoms with Gasteiger partial charge in [0.05, 0.1) is 0 Å². The summed E-state index contributed by atoms with van der Waals surface area (Å²) in [5.74, 6) is 0.793. The van der Waals surface area contributed by atoms with Crippen LogP contribution >= 0.6 is 0 Å². The largest absolute Gasteiger partial charge is 0.396 e. The van der Waals surface area contributed by atoms with Crippen LogP contribution < -0.4 is 10.2 Å². The molecule has 0 bridgehead atoms. The third-order valence-corrected chi connectivity index (χ3v) is 3.19. The van der Waals surface area contributed by atoms with E-state index < -0.39 is 0 Å². The molecule has 1 aromatic heterocycles. The molecule has 0 saturated carbocycles. The first-order valence-corrected chi connectivity index (χ1v) is 6.33. The van der Waals surface area contributed by atoms with E-state index in [1.807, 2.05) is 31.1 Å². The van der Waals surface area contributed by atoms with Crippen molar-refractivity contribution in [3.8, 4) is 0 Å². The van der Waals surface area contributed by atoms with Crippen LogP contribution in [0.5, 0.6) is 0 Å².